The first kappa shape index (κ1) is 17.5. The molecule has 2 nitrogen and oxygen atoms in total. The summed E-state index contributed by atoms with van der Waals surface area (Å²) >= 11 is 0. The molecule has 0 fully saturated rings. The van der Waals surface area contributed by atoms with Gasteiger partial charge in [-0.1, -0.05) is 13.0 Å². The first-order valence-corrected chi connectivity index (χ1v) is 8.39. The molecule has 0 bridgehead atoms. The zero-order chi connectivity index (χ0) is 16.9. The van der Waals surface area contributed by atoms with E-state index in [0.29, 0.717) is 6.42 Å². The third kappa shape index (κ3) is 3.23. The summed E-state index contributed by atoms with van der Waals surface area (Å²) < 4.78 is 52.5. The number of halogens is 3. The van der Waals surface area contributed by atoms with E-state index in [1.807, 2.05) is 27.7 Å². The molecule has 124 valence electrons. The third-order valence-electron chi connectivity index (χ3n) is 4.11. The quantitative estimate of drug-likeness (QED) is 0.771. The van der Waals surface area contributed by atoms with Gasteiger partial charge < -0.3 is 0 Å². The molecule has 0 saturated carbocycles. The van der Waals surface area contributed by atoms with Gasteiger partial charge >= 0.3 is 6.18 Å². The molecular formula is C16H22F3NOS. The highest BCUT2D eigenvalue weighted by Crippen LogP contribution is 2.45. The van der Waals surface area contributed by atoms with E-state index in [0.717, 1.165) is 17.2 Å². The predicted octanol–water partition coefficient (Wildman–Crippen LogP) is 4.65. The molecule has 0 amide bonds. The first-order chi connectivity index (χ1) is 9.93. The van der Waals surface area contributed by atoms with Gasteiger partial charge in [-0.25, -0.2) is 8.51 Å². The largest absolute Gasteiger partial charge is 0.416 e. The number of hydrogen-bond acceptors (Lipinski definition) is 1. The number of nitrogens with zero attached hydrogens (tertiary/aromatic N) is 1. The molecule has 0 aromatic heterocycles. The second kappa shape index (κ2) is 5.64. The van der Waals surface area contributed by atoms with Crippen LogP contribution in [-0.2, 0) is 17.2 Å². The number of hydrogen-bond donors (Lipinski definition) is 0. The van der Waals surface area contributed by atoms with E-state index in [9.17, 15) is 17.4 Å². The minimum absolute atomic E-state index is 0.0294. The Kier molecular flexibility index (Phi) is 4.48. The molecule has 22 heavy (non-hydrogen) atoms. The van der Waals surface area contributed by atoms with Gasteiger partial charge in [0.05, 0.1) is 10.3 Å². The SMILES string of the molecule is C[C@H]1C[C@@H](N(C)[S@](=O)C(C)(C)C)c2ccc(C(F)(F)F)cc21. The first-order valence-electron chi connectivity index (χ1n) is 7.28. The molecule has 1 aromatic carbocycles. The number of benzene rings is 1. The molecule has 0 aliphatic heterocycles. The fourth-order valence-electron chi connectivity index (χ4n) is 2.96. The highest BCUT2D eigenvalue weighted by Gasteiger charge is 2.38. The maximum atomic E-state index is 12.9. The van der Waals surface area contributed by atoms with Crippen molar-refractivity contribution in [1.82, 2.24) is 4.31 Å². The Bertz CT molecular complexity index is 592. The van der Waals surface area contributed by atoms with Crippen molar-refractivity contribution >= 4 is 11.0 Å². The van der Waals surface area contributed by atoms with Crippen molar-refractivity contribution in [3.05, 3.63) is 34.9 Å². The van der Waals surface area contributed by atoms with E-state index in [1.54, 1.807) is 17.4 Å². The molecule has 1 aromatic rings. The zero-order valence-corrected chi connectivity index (χ0v) is 14.3. The molecule has 0 spiro atoms. The topological polar surface area (TPSA) is 20.3 Å². The average Bonchev–Trinajstić information content (AvgIpc) is 2.72. The third-order valence-corrected chi connectivity index (χ3v) is 5.93. The van der Waals surface area contributed by atoms with Gasteiger partial charge in [-0.05, 0) is 56.4 Å². The van der Waals surface area contributed by atoms with Crippen molar-refractivity contribution < 1.29 is 17.4 Å². The highest BCUT2D eigenvalue weighted by molar-refractivity contribution is 7.84. The Labute approximate surface area is 132 Å². The van der Waals surface area contributed by atoms with Crippen LogP contribution in [0, 0.1) is 0 Å². The van der Waals surface area contributed by atoms with Crippen LogP contribution in [0.15, 0.2) is 18.2 Å². The maximum Gasteiger partial charge on any atom is 0.416 e. The minimum Gasteiger partial charge on any atom is -0.242 e. The molecule has 0 saturated heterocycles. The lowest BCUT2D eigenvalue weighted by molar-refractivity contribution is -0.137. The van der Waals surface area contributed by atoms with Crippen LogP contribution < -0.4 is 0 Å². The molecule has 6 heteroatoms. The van der Waals surface area contributed by atoms with Crippen molar-refractivity contribution in [3.8, 4) is 0 Å². The van der Waals surface area contributed by atoms with Gasteiger partial charge in [0.2, 0.25) is 0 Å². The zero-order valence-electron chi connectivity index (χ0n) is 13.5. The van der Waals surface area contributed by atoms with Crippen LogP contribution in [0.5, 0.6) is 0 Å². The second-order valence-electron chi connectivity index (χ2n) is 6.90. The van der Waals surface area contributed by atoms with E-state index in [1.165, 1.54) is 6.07 Å². The van der Waals surface area contributed by atoms with Crippen LogP contribution in [-0.4, -0.2) is 20.3 Å². The van der Waals surface area contributed by atoms with Gasteiger partial charge in [0.1, 0.15) is 11.0 Å². The molecule has 1 aliphatic rings. The Morgan fingerprint density at radius 3 is 2.27 bits per heavy atom. The van der Waals surface area contributed by atoms with Gasteiger partial charge in [0.25, 0.3) is 0 Å². The average molecular weight is 333 g/mol. The van der Waals surface area contributed by atoms with Crippen molar-refractivity contribution in [3.63, 3.8) is 0 Å². The molecule has 0 heterocycles. The summed E-state index contributed by atoms with van der Waals surface area (Å²) in [4.78, 5) is 0. The molecule has 0 radical (unpaired) electrons. The lowest BCUT2D eigenvalue weighted by Crippen LogP contribution is -2.36. The molecule has 0 N–H and O–H groups in total. The Morgan fingerprint density at radius 1 is 1.18 bits per heavy atom. The van der Waals surface area contributed by atoms with E-state index >= 15 is 0 Å². The summed E-state index contributed by atoms with van der Waals surface area (Å²) in [5.74, 6) is 0.0294. The Balaban J connectivity index is 2.37. The van der Waals surface area contributed by atoms with Crippen molar-refractivity contribution in [2.24, 2.45) is 0 Å². The Hall–Kier alpha value is -0.880. The van der Waals surface area contributed by atoms with Gasteiger partial charge in [0.15, 0.2) is 0 Å². The van der Waals surface area contributed by atoms with Gasteiger partial charge in [0, 0.05) is 13.1 Å². The van der Waals surface area contributed by atoms with E-state index in [-0.39, 0.29) is 12.0 Å². The Morgan fingerprint density at radius 2 is 1.77 bits per heavy atom. The fourth-order valence-corrected chi connectivity index (χ4v) is 4.26. The second-order valence-corrected chi connectivity index (χ2v) is 9.20. The van der Waals surface area contributed by atoms with Crippen molar-refractivity contribution in [1.29, 1.82) is 0 Å². The monoisotopic (exact) mass is 333 g/mol. The molecule has 0 unspecified atom stereocenters. The fraction of sp³-hybridized carbons (Fsp3) is 0.625. The number of alkyl halides is 3. The van der Waals surface area contributed by atoms with Crippen LogP contribution in [0.2, 0.25) is 0 Å². The highest BCUT2D eigenvalue weighted by atomic mass is 32.2. The summed E-state index contributed by atoms with van der Waals surface area (Å²) in [6, 6.07) is 3.81. The van der Waals surface area contributed by atoms with Crippen LogP contribution in [0.25, 0.3) is 0 Å². The van der Waals surface area contributed by atoms with Crippen LogP contribution in [0.4, 0.5) is 13.2 Å². The molecular weight excluding hydrogens is 311 g/mol. The van der Waals surface area contributed by atoms with Gasteiger partial charge in [-0.15, -0.1) is 0 Å². The lowest BCUT2D eigenvalue weighted by Gasteiger charge is -2.30. The maximum absolute atomic E-state index is 12.9. The van der Waals surface area contributed by atoms with E-state index < -0.39 is 27.5 Å². The van der Waals surface area contributed by atoms with Crippen LogP contribution in [0.1, 0.15) is 62.8 Å². The molecule has 1 aliphatic carbocycles. The molecule has 3 atom stereocenters. The normalized spacial score (nSPS) is 23.7. The van der Waals surface area contributed by atoms with Crippen LogP contribution in [0.3, 0.4) is 0 Å². The van der Waals surface area contributed by atoms with Crippen molar-refractivity contribution in [2.75, 3.05) is 7.05 Å². The van der Waals surface area contributed by atoms with Gasteiger partial charge in [-0.3, -0.25) is 0 Å². The lowest BCUT2D eigenvalue weighted by atomic mass is 10.0. The summed E-state index contributed by atoms with van der Waals surface area (Å²) in [6.45, 7) is 7.61. The van der Waals surface area contributed by atoms with E-state index in [4.69, 9.17) is 0 Å². The summed E-state index contributed by atoms with van der Waals surface area (Å²) in [5, 5.41) is 0. The standard InChI is InChI=1S/C16H22F3NOS/c1-10-8-14(20(5)22(21)15(2,3)4)12-7-6-11(9-13(10)12)16(17,18)19/h6-7,9-10,14H,8H2,1-5H3/t10-,14+,22+/m0/s1. The number of fused-ring (bicyclic) bond motifs is 1. The number of rotatable bonds is 2. The predicted molar refractivity (Wildman–Crippen MR) is 82.9 cm³/mol. The van der Waals surface area contributed by atoms with Gasteiger partial charge in [-0.2, -0.15) is 13.2 Å². The summed E-state index contributed by atoms with van der Waals surface area (Å²) in [6.07, 6.45) is -3.64. The van der Waals surface area contributed by atoms with Crippen molar-refractivity contribution in [2.45, 2.75) is 57.0 Å². The molecule has 2 rings (SSSR count). The van der Waals surface area contributed by atoms with E-state index in [2.05, 4.69) is 0 Å². The smallest absolute Gasteiger partial charge is 0.242 e. The summed E-state index contributed by atoms with van der Waals surface area (Å²) in [7, 11) is 0.578. The van der Waals surface area contributed by atoms with Crippen LogP contribution >= 0.6 is 0 Å². The summed E-state index contributed by atoms with van der Waals surface area (Å²) in [5.41, 5.74) is 0.969. The minimum atomic E-state index is -4.33.